The van der Waals surface area contributed by atoms with Crippen LogP contribution in [0.3, 0.4) is 0 Å². The molecule has 0 amide bonds. The Hall–Kier alpha value is -5.54. The maximum atomic E-state index is 7.81. The van der Waals surface area contributed by atoms with Gasteiger partial charge in [-0.2, -0.15) is 0 Å². The molecule has 72 heavy (non-hydrogen) atoms. The molecule has 3 saturated carbocycles. The highest BCUT2D eigenvalue weighted by Crippen LogP contribution is 2.71. The number of hydrogen-bond acceptors (Lipinski definition) is 2. The fraction of sp³-hybridized carbons (Fsp3) is 0.420. The van der Waals surface area contributed by atoms with Crippen LogP contribution in [-0.4, -0.2) is 6.71 Å². The SMILES string of the molecule is Cc1ccc2c(c1)B1c3oc4cc5c(cc4c3C(c3ccc4c(c3)C(C)(C)CCC4(C)C)=Cc3cc(C46CC7CC(C4)C6C7)cc(c31)N2c1ccc(C(C)(C)C)cc1-c1ccccc1)C(C)(C)CCC5(C)C. The van der Waals surface area contributed by atoms with Gasteiger partial charge in [-0.3, -0.25) is 0 Å². The molecule has 4 atom stereocenters. The minimum Gasteiger partial charge on any atom is -0.470 e. The lowest BCUT2D eigenvalue weighted by Gasteiger charge is -2.54. The van der Waals surface area contributed by atoms with Crippen LogP contribution in [0.15, 0.2) is 114 Å². The van der Waals surface area contributed by atoms with Gasteiger partial charge in [0.15, 0.2) is 0 Å². The van der Waals surface area contributed by atoms with Crippen LogP contribution in [0.2, 0.25) is 0 Å². The molecule has 0 saturated heterocycles. The van der Waals surface area contributed by atoms with Crippen molar-refractivity contribution in [2.75, 3.05) is 4.90 Å². The van der Waals surface area contributed by atoms with Gasteiger partial charge in [-0.15, -0.1) is 0 Å². The molecule has 14 rings (SSSR count). The van der Waals surface area contributed by atoms with E-state index >= 15 is 0 Å². The Morgan fingerprint density at radius 3 is 1.97 bits per heavy atom. The minimum absolute atomic E-state index is 0.00697. The second-order valence-electron chi connectivity index (χ2n) is 28.0. The molecule has 0 radical (unpaired) electrons. The average molecular weight is 944 g/mol. The summed E-state index contributed by atoms with van der Waals surface area (Å²) in [5.74, 6) is 2.53. The van der Waals surface area contributed by atoms with E-state index in [1.807, 2.05) is 0 Å². The van der Waals surface area contributed by atoms with Crippen molar-refractivity contribution in [3.05, 3.63) is 165 Å². The van der Waals surface area contributed by atoms with Crippen LogP contribution in [-0.2, 0) is 32.5 Å². The summed E-state index contributed by atoms with van der Waals surface area (Å²) >= 11 is 0. The van der Waals surface area contributed by atoms with Gasteiger partial charge in [0, 0.05) is 27.9 Å². The van der Waals surface area contributed by atoms with Crippen LogP contribution >= 0.6 is 0 Å². The van der Waals surface area contributed by atoms with E-state index in [0.717, 1.165) is 29.0 Å². The highest BCUT2D eigenvalue weighted by Gasteiger charge is 2.65. The second kappa shape index (κ2) is 14.6. The summed E-state index contributed by atoms with van der Waals surface area (Å²) in [7, 11) is 0. The van der Waals surface area contributed by atoms with Crippen molar-refractivity contribution in [1.29, 1.82) is 0 Å². The summed E-state index contributed by atoms with van der Waals surface area (Å²) in [4.78, 5) is 2.71. The normalized spacial score (nSPS) is 25.2. The first kappa shape index (κ1) is 45.1. The van der Waals surface area contributed by atoms with Crippen LogP contribution in [0, 0.1) is 24.7 Å². The lowest BCUT2D eigenvalue weighted by atomic mass is 9.35. The standard InChI is InChI=1S/C69H74BNO/c1-40-18-22-58-56(28-40)70-62-44(31-47(69-38-41-29-45(39-69)52(69)30-41)35-59(62)71(58)57-23-20-46(64(2,3)4)34-48(57)42-16-14-13-15-17-42)32-49(43-19-21-51-53(33-43)66(7,8)25-24-65(51,5)6)61-50-36-54-55(37-60(50)72-63(61)70)68(11,12)27-26-67(54,9)10/h13-23,28,31-37,41,45,52H,24-27,29-30,38-39H2,1-12H3. The summed E-state index contributed by atoms with van der Waals surface area (Å²) in [5, 5.41) is 1.27. The highest BCUT2D eigenvalue weighted by atomic mass is 16.3. The van der Waals surface area contributed by atoms with Crippen LogP contribution in [0.1, 0.15) is 183 Å². The molecule has 0 N–H and O–H groups in total. The summed E-state index contributed by atoms with van der Waals surface area (Å²) in [6.45, 7) is 29.0. The predicted molar refractivity (Wildman–Crippen MR) is 305 cm³/mol. The lowest BCUT2D eigenvalue weighted by molar-refractivity contribution is 0.0399. The van der Waals surface area contributed by atoms with E-state index in [1.165, 1.54) is 152 Å². The molecule has 5 aliphatic carbocycles. The van der Waals surface area contributed by atoms with Crippen molar-refractivity contribution < 1.29 is 4.42 Å². The first-order valence-electron chi connectivity index (χ1n) is 27.9. The van der Waals surface area contributed by atoms with E-state index in [2.05, 4.69) is 203 Å². The maximum absolute atomic E-state index is 7.81. The van der Waals surface area contributed by atoms with Gasteiger partial charge in [0.1, 0.15) is 5.58 Å². The third-order valence-electron chi connectivity index (χ3n) is 20.7. The molecule has 3 heteroatoms. The first-order chi connectivity index (χ1) is 34.1. The van der Waals surface area contributed by atoms with Gasteiger partial charge < -0.3 is 9.32 Å². The zero-order valence-corrected chi connectivity index (χ0v) is 45.3. The largest absolute Gasteiger partial charge is 0.470 e. The minimum atomic E-state index is -0.113. The number of benzene rings is 6. The second-order valence-corrected chi connectivity index (χ2v) is 28.0. The quantitative estimate of drug-likeness (QED) is 0.164. The van der Waals surface area contributed by atoms with Crippen LogP contribution in [0.5, 0.6) is 0 Å². The maximum Gasteiger partial charge on any atom is 0.293 e. The highest BCUT2D eigenvalue weighted by molar-refractivity contribution is 6.98. The molecule has 2 nitrogen and oxygen atoms in total. The first-order valence-corrected chi connectivity index (χ1v) is 27.9. The van der Waals surface area contributed by atoms with E-state index in [1.54, 1.807) is 5.56 Å². The van der Waals surface area contributed by atoms with Crippen molar-refractivity contribution in [3.8, 4) is 11.1 Å². The number of fused-ring (bicyclic) bond motifs is 9. The van der Waals surface area contributed by atoms with E-state index in [0.29, 0.717) is 0 Å². The molecule has 7 aromatic rings. The fourth-order valence-electron chi connectivity index (χ4n) is 16.4. The van der Waals surface area contributed by atoms with Crippen molar-refractivity contribution in [1.82, 2.24) is 0 Å². The Morgan fingerprint density at radius 1 is 0.611 bits per heavy atom. The Labute approximate surface area is 430 Å². The molecular formula is C69H74BNO. The zero-order chi connectivity index (χ0) is 49.8. The van der Waals surface area contributed by atoms with Crippen LogP contribution < -0.4 is 21.5 Å². The Bertz CT molecular complexity index is 3510. The molecule has 2 aliphatic heterocycles. The molecule has 3 fully saturated rings. The van der Waals surface area contributed by atoms with Gasteiger partial charge in [-0.1, -0.05) is 155 Å². The number of rotatable bonds is 4. The molecule has 364 valence electrons. The van der Waals surface area contributed by atoms with Gasteiger partial charge in [-0.25, -0.2) is 0 Å². The van der Waals surface area contributed by atoms with Crippen LogP contribution in [0.4, 0.5) is 17.1 Å². The van der Waals surface area contributed by atoms with Gasteiger partial charge in [0.05, 0.1) is 11.3 Å². The zero-order valence-electron chi connectivity index (χ0n) is 45.3. The molecule has 1 aromatic heterocycles. The number of hydrogen-bond donors (Lipinski definition) is 0. The molecule has 2 bridgehead atoms. The van der Waals surface area contributed by atoms with E-state index < -0.39 is 0 Å². The lowest BCUT2D eigenvalue weighted by Crippen LogP contribution is -2.58. The Kier molecular flexibility index (Phi) is 9.15. The van der Waals surface area contributed by atoms with Gasteiger partial charge >= 0.3 is 0 Å². The number of aryl methyl sites for hydroxylation is 1. The number of nitrogens with zero attached hydrogens (tertiary/aromatic N) is 1. The molecular weight excluding hydrogens is 870 g/mol. The monoisotopic (exact) mass is 944 g/mol. The number of anilines is 3. The summed E-state index contributed by atoms with van der Waals surface area (Å²) < 4.78 is 7.81. The van der Waals surface area contributed by atoms with Crippen molar-refractivity contribution in [2.24, 2.45) is 17.8 Å². The predicted octanol–water partition coefficient (Wildman–Crippen LogP) is 16.3. The summed E-state index contributed by atoms with van der Waals surface area (Å²) in [6, 6.07) is 44.0. The number of furan rings is 1. The summed E-state index contributed by atoms with van der Waals surface area (Å²) in [6.07, 6.45) is 12.9. The molecule has 4 unspecified atom stereocenters. The smallest absolute Gasteiger partial charge is 0.293 e. The third-order valence-corrected chi connectivity index (χ3v) is 20.7. The Morgan fingerprint density at radius 2 is 1.29 bits per heavy atom. The third kappa shape index (κ3) is 6.27. The fourth-order valence-corrected chi connectivity index (χ4v) is 16.4. The van der Waals surface area contributed by atoms with Gasteiger partial charge in [-0.05, 0) is 218 Å². The topological polar surface area (TPSA) is 16.4 Å². The summed E-state index contributed by atoms with van der Waals surface area (Å²) in [5.41, 5.74) is 27.1. The van der Waals surface area contributed by atoms with E-state index in [4.69, 9.17) is 4.42 Å². The average Bonchev–Trinajstić information content (AvgIpc) is 3.94. The van der Waals surface area contributed by atoms with Crippen molar-refractivity contribution in [2.45, 2.75) is 167 Å². The van der Waals surface area contributed by atoms with Crippen molar-refractivity contribution >= 4 is 63.0 Å². The van der Waals surface area contributed by atoms with E-state index in [-0.39, 0.29) is 39.2 Å². The van der Waals surface area contributed by atoms with Crippen LogP contribution in [0.25, 0.3) is 33.7 Å². The molecule has 7 aliphatic rings. The van der Waals surface area contributed by atoms with Gasteiger partial charge in [0.2, 0.25) is 0 Å². The molecule has 6 aromatic carbocycles. The molecule has 0 spiro atoms. The van der Waals surface area contributed by atoms with E-state index in [9.17, 15) is 0 Å². The Balaban J connectivity index is 1.12. The molecule has 3 heterocycles. The van der Waals surface area contributed by atoms with Gasteiger partial charge in [0.25, 0.3) is 6.71 Å². The van der Waals surface area contributed by atoms with Crippen molar-refractivity contribution in [3.63, 3.8) is 0 Å².